The predicted molar refractivity (Wildman–Crippen MR) is 58.2 cm³/mol. The molecule has 1 saturated carbocycles. The molecule has 2 aliphatic heterocycles. The largest absolute Gasteiger partial charge is 0.327 e. The van der Waals surface area contributed by atoms with Gasteiger partial charge in [-0.2, -0.15) is 0 Å². The summed E-state index contributed by atoms with van der Waals surface area (Å²) in [7, 11) is 0. The lowest BCUT2D eigenvalue weighted by Crippen LogP contribution is -2.64. The normalized spacial score (nSPS) is 40.9. The molecule has 0 spiro atoms. The SMILES string of the molecule is O=C1[C@@H]2CCCC[C@@H]2N[C@@H]2CCCCN12. The second-order valence-corrected chi connectivity index (χ2v) is 5.21. The number of nitrogens with zero attached hydrogens (tertiary/aromatic N) is 1. The Balaban J connectivity index is 1.79. The van der Waals surface area contributed by atoms with E-state index in [0.29, 0.717) is 24.0 Å². The van der Waals surface area contributed by atoms with E-state index in [9.17, 15) is 4.79 Å². The standard InChI is InChI=1S/C12H20N2O/c15-12-9-5-1-2-6-10(9)13-11-7-3-4-8-14(11)12/h9-11,13H,1-8H2/t9-,10+,11+/m1/s1. The first-order chi connectivity index (χ1) is 7.36. The topological polar surface area (TPSA) is 32.3 Å². The summed E-state index contributed by atoms with van der Waals surface area (Å²) in [6, 6.07) is 0.491. The average molecular weight is 208 g/mol. The third-order valence-corrected chi connectivity index (χ3v) is 4.28. The average Bonchev–Trinajstić information content (AvgIpc) is 2.30. The molecule has 0 aromatic heterocycles. The molecule has 1 aliphatic carbocycles. The van der Waals surface area contributed by atoms with E-state index < -0.39 is 0 Å². The Labute approximate surface area is 91.2 Å². The summed E-state index contributed by atoms with van der Waals surface area (Å²) >= 11 is 0. The summed E-state index contributed by atoms with van der Waals surface area (Å²) < 4.78 is 0. The van der Waals surface area contributed by atoms with Crippen molar-refractivity contribution in [2.24, 2.45) is 5.92 Å². The molecule has 15 heavy (non-hydrogen) atoms. The zero-order chi connectivity index (χ0) is 10.3. The number of amides is 1. The first kappa shape index (κ1) is 9.64. The molecule has 1 amide bonds. The maximum Gasteiger partial charge on any atom is 0.228 e. The van der Waals surface area contributed by atoms with Gasteiger partial charge >= 0.3 is 0 Å². The molecule has 0 bridgehead atoms. The molecule has 3 rings (SSSR count). The van der Waals surface area contributed by atoms with E-state index in [1.54, 1.807) is 0 Å². The molecule has 0 radical (unpaired) electrons. The van der Waals surface area contributed by atoms with Crippen LogP contribution in [0, 0.1) is 5.92 Å². The molecule has 3 nitrogen and oxygen atoms in total. The fourth-order valence-electron chi connectivity index (χ4n) is 3.45. The number of rotatable bonds is 0. The molecule has 3 fully saturated rings. The van der Waals surface area contributed by atoms with Gasteiger partial charge in [0.05, 0.1) is 12.1 Å². The van der Waals surface area contributed by atoms with Gasteiger partial charge in [0.2, 0.25) is 5.91 Å². The quantitative estimate of drug-likeness (QED) is 0.654. The van der Waals surface area contributed by atoms with Crippen LogP contribution in [-0.4, -0.2) is 29.6 Å². The van der Waals surface area contributed by atoms with Gasteiger partial charge in [0.25, 0.3) is 0 Å². The minimum atomic E-state index is 0.299. The predicted octanol–water partition coefficient (Wildman–Crippen LogP) is 1.49. The number of carbonyl (C=O) groups is 1. The Morgan fingerprint density at radius 3 is 2.80 bits per heavy atom. The fraction of sp³-hybridized carbons (Fsp3) is 0.917. The highest BCUT2D eigenvalue weighted by molar-refractivity contribution is 5.81. The van der Waals surface area contributed by atoms with Crippen LogP contribution in [0.2, 0.25) is 0 Å². The third kappa shape index (κ3) is 1.57. The number of carbonyl (C=O) groups excluding carboxylic acids is 1. The summed E-state index contributed by atoms with van der Waals surface area (Å²) in [5.74, 6) is 0.747. The zero-order valence-electron chi connectivity index (χ0n) is 9.24. The Kier molecular flexibility index (Phi) is 2.43. The van der Waals surface area contributed by atoms with Gasteiger partial charge in [-0.3, -0.25) is 10.1 Å². The van der Waals surface area contributed by atoms with Crippen molar-refractivity contribution < 1.29 is 4.79 Å². The smallest absolute Gasteiger partial charge is 0.228 e. The van der Waals surface area contributed by atoms with Crippen molar-refractivity contribution in [2.45, 2.75) is 57.2 Å². The van der Waals surface area contributed by atoms with E-state index in [4.69, 9.17) is 0 Å². The fourth-order valence-corrected chi connectivity index (χ4v) is 3.45. The van der Waals surface area contributed by atoms with E-state index in [0.717, 1.165) is 19.4 Å². The van der Waals surface area contributed by atoms with E-state index in [1.807, 2.05) is 0 Å². The second kappa shape index (κ2) is 3.78. The highest BCUT2D eigenvalue weighted by atomic mass is 16.2. The molecule has 3 aliphatic rings. The molecule has 1 N–H and O–H groups in total. The Morgan fingerprint density at radius 2 is 1.87 bits per heavy atom. The van der Waals surface area contributed by atoms with E-state index in [2.05, 4.69) is 10.2 Å². The Hall–Kier alpha value is -0.570. The van der Waals surface area contributed by atoms with Crippen LogP contribution in [-0.2, 0) is 4.79 Å². The van der Waals surface area contributed by atoms with E-state index in [1.165, 1.54) is 32.1 Å². The molecule has 2 heterocycles. The van der Waals surface area contributed by atoms with Gasteiger partial charge in [-0.05, 0) is 32.1 Å². The lowest BCUT2D eigenvalue weighted by Gasteiger charge is -2.48. The third-order valence-electron chi connectivity index (χ3n) is 4.28. The van der Waals surface area contributed by atoms with Gasteiger partial charge in [-0.25, -0.2) is 0 Å². The number of piperidine rings is 1. The summed E-state index contributed by atoms with van der Waals surface area (Å²) in [5, 5.41) is 3.69. The van der Waals surface area contributed by atoms with Gasteiger partial charge in [0, 0.05) is 12.6 Å². The van der Waals surface area contributed by atoms with Crippen molar-refractivity contribution in [3.63, 3.8) is 0 Å². The lowest BCUT2D eigenvalue weighted by molar-refractivity contribution is -0.148. The van der Waals surface area contributed by atoms with Crippen molar-refractivity contribution in [3.8, 4) is 0 Å². The molecule has 0 unspecified atom stereocenters. The van der Waals surface area contributed by atoms with E-state index in [-0.39, 0.29) is 0 Å². The highest BCUT2D eigenvalue weighted by Crippen LogP contribution is 2.32. The minimum absolute atomic E-state index is 0.299. The summed E-state index contributed by atoms with van der Waals surface area (Å²) in [4.78, 5) is 14.4. The molecule has 3 heteroatoms. The maximum atomic E-state index is 12.3. The molecule has 0 aromatic carbocycles. The van der Waals surface area contributed by atoms with Crippen LogP contribution in [0.4, 0.5) is 0 Å². The van der Waals surface area contributed by atoms with Gasteiger partial charge in [0.15, 0.2) is 0 Å². The van der Waals surface area contributed by atoms with Gasteiger partial charge in [-0.15, -0.1) is 0 Å². The van der Waals surface area contributed by atoms with Crippen molar-refractivity contribution in [1.29, 1.82) is 0 Å². The van der Waals surface area contributed by atoms with Crippen LogP contribution >= 0.6 is 0 Å². The summed E-state index contributed by atoms with van der Waals surface area (Å²) in [6.45, 7) is 0.986. The molecule has 2 saturated heterocycles. The second-order valence-electron chi connectivity index (χ2n) is 5.21. The molecule has 0 aromatic rings. The first-order valence-electron chi connectivity index (χ1n) is 6.43. The molecule has 3 atom stereocenters. The maximum absolute atomic E-state index is 12.3. The number of hydrogen-bond acceptors (Lipinski definition) is 2. The highest BCUT2D eigenvalue weighted by Gasteiger charge is 2.42. The van der Waals surface area contributed by atoms with Crippen LogP contribution in [0.25, 0.3) is 0 Å². The Bertz CT molecular complexity index is 242. The van der Waals surface area contributed by atoms with Crippen molar-refractivity contribution in [3.05, 3.63) is 0 Å². The van der Waals surface area contributed by atoms with Crippen LogP contribution in [0.3, 0.4) is 0 Å². The molecular weight excluding hydrogens is 188 g/mol. The van der Waals surface area contributed by atoms with Gasteiger partial charge in [0.1, 0.15) is 0 Å². The monoisotopic (exact) mass is 208 g/mol. The van der Waals surface area contributed by atoms with E-state index >= 15 is 0 Å². The number of fused-ring (bicyclic) bond motifs is 2. The number of nitrogens with one attached hydrogen (secondary N) is 1. The number of hydrogen-bond donors (Lipinski definition) is 1. The van der Waals surface area contributed by atoms with Crippen molar-refractivity contribution in [2.75, 3.05) is 6.54 Å². The molecular formula is C12H20N2O. The minimum Gasteiger partial charge on any atom is -0.327 e. The lowest BCUT2D eigenvalue weighted by atomic mass is 9.80. The van der Waals surface area contributed by atoms with Crippen LogP contribution < -0.4 is 5.32 Å². The van der Waals surface area contributed by atoms with Gasteiger partial charge in [-0.1, -0.05) is 12.8 Å². The summed E-state index contributed by atoms with van der Waals surface area (Å²) in [6.07, 6.45) is 8.86. The summed E-state index contributed by atoms with van der Waals surface area (Å²) in [5.41, 5.74) is 0. The zero-order valence-corrected chi connectivity index (χ0v) is 9.24. The van der Waals surface area contributed by atoms with Crippen LogP contribution in [0.15, 0.2) is 0 Å². The van der Waals surface area contributed by atoms with Crippen LogP contribution in [0.1, 0.15) is 44.9 Å². The molecule has 84 valence electrons. The van der Waals surface area contributed by atoms with Crippen molar-refractivity contribution >= 4 is 5.91 Å². The van der Waals surface area contributed by atoms with Crippen molar-refractivity contribution in [1.82, 2.24) is 10.2 Å². The first-order valence-corrected chi connectivity index (χ1v) is 6.43. The Morgan fingerprint density at radius 1 is 1.07 bits per heavy atom. The van der Waals surface area contributed by atoms with Gasteiger partial charge < -0.3 is 4.90 Å². The van der Waals surface area contributed by atoms with Crippen LogP contribution in [0.5, 0.6) is 0 Å².